The van der Waals surface area contributed by atoms with Crippen LogP contribution in [0.3, 0.4) is 0 Å². The molecule has 0 saturated carbocycles. The van der Waals surface area contributed by atoms with E-state index in [2.05, 4.69) is 89.8 Å². The summed E-state index contributed by atoms with van der Waals surface area (Å²) in [6.45, 7) is 9.07. The molecule has 0 unspecified atom stereocenters. The number of dihydropyridines is 1. The molecule has 0 fully saturated rings. The molecule has 3 nitrogen and oxygen atoms in total. The van der Waals surface area contributed by atoms with Crippen molar-refractivity contribution in [3.63, 3.8) is 0 Å². The van der Waals surface area contributed by atoms with Crippen molar-refractivity contribution in [3.05, 3.63) is 83.7 Å². The molecule has 0 bridgehead atoms. The van der Waals surface area contributed by atoms with Gasteiger partial charge in [-0.3, -0.25) is 4.98 Å². The summed E-state index contributed by atoms with van der Waals surface area (Å²) in [6.07, 6.45) is 6.30. The highest BCUT2D eigenvalue weighted by Crippen LogP contribution is 2.31. The van der Waals surface area contributed by atoms with Gasteiger partial charge in [0.05, 0.1) is 0 Å². The molecule has 0 saturated heterocycles. The number of nitrogens with zero attached hydrogens (tertiary/aromatic N) is 1. The van der Waals surface area contributed by atoms with Crippen molar-refractivity contribution in [1.82, 2.24) is 15.3 Å². The molecule has 1 aliphatic rings. The van der Waals surface area contributed by atoms with E-state index in [0.29, 0.717) is 0 Å². The van der Waals surface area contributed by atoms with Crippen LogP contribution in [-0.4, -0.2) is 16.5 Å². The molecule has 2 aromatic carbocycles. The molecule has 0 radical (unpaired) electrons. The quantitative estimate of drug-likeness (QED) is 0.410. The fourth-order valence-electron chi connectivity index (χ4n) is 3.90. The van der Waals surface area contributed by atoms with Crippen molar-refractivity contribution in [1.29, 1.82) is 0 Å². The van der Waals surface area contributed by atoms with E-state index in [-0.39, 0.29) is 0 Å². The predicted octanol–water partition coefficient (Wildman–Crippen LogP) is 6.61. The first kappa shape index (κ1) is 19.0. The van der Waals surface area contributed by atoms with Crippen molar-refractivity contribution in [2.45, 2.75) is 27.7 Å². The summed E-state index contributed by atoms with van der Waals surface area (Å²) >= 11 is 0. The minimum Gasteiger partial charge on any atom is -0.381 e. The standard InChI is InChI=1S/C24H21N3.C2H6/c1-15-6-5-11-25-24(15)20-13-18(14-26-16(20)2)17-9-10-23-21(12-17)19-7-3-4-8-22(19)27-23;1-2/h3-10,12-14,25,27H,11H2,1-2H3;1-2H3. The first-order chi connectivity index (χ1) is 14.2. The fourth-order valence-corrected chi connectivity index (χ4v) is 3.90. The number of nitrogens with one attached hydrogen (secondary N) is 2. The van der Waals surface area contributed by atoms with E-state index in [0.717, 1.165) is 23.3 Å². The zero-order chi connectivity index (χ0) is 20.4. The highest BCUT2D eigenvalue weighted by molar-refractivity contribution is 6.08. The minimum atomic E-state index is 0.859. The Bertz CT molecular complexity index is 1240. The second kappa shape index (κ2) is 7.96. The third kappa shape index (κ3) is 3.44. The van der Waals surface area contributed by atoms with E-state index in [9.17, 15) is 0 Å². The summed E-state index contributed by atoms with van der Waals surface area (Å²) < 4.78 is 0. The van der Waals surface area contributed by atoms with E-state index in [1.165, 1.54) is 38.7 Å². The van der Waals surface area contributed by atoms with Gasteiger partial charge in [0.25, 0.3) is 0 Å². The van der Waals surface area contributed by atoms with Gasteiger partial charge in [-0.25, -0.2) is 0 Å². The highest BCUT2D eigenvalue weighted by atomic mass is 14.9. The van der Waals surface area contributed by atoms with E-state index in [1.807, 2.05) is 20.0 Å². The second-order valence-corrected chi connectivity index (χ2v) is 7.13. The summed E-state index contributed by atoms with van der Waals surface area (Å²) in [5.74, 6) is 0. The number of hydrogen-bond donors (Lipinski definition) is 2. The van der Waals surface area contributed by atoms with E-state index in [1.54, 1.807) is 0 Å². The van der Waals surface area contributed by atoms with Crippen LogP contribution in [-0.2, 0) is 0 Å². The molecule has 0 spiro atoms. The molecule has 2 N–H and O–H groups in total. The molecule has 3 heterocycles. The van der Waals surface area contributed by atoms with Gasteiger partial charge in [0.1, 0.15) is 0 Å². The lowest BCUT2D eigenvalue weighted by Crippen LogP contribution is -2.17. The van der Waals surface area contributed by atoms with Crippen LogP contribution in [0.1, 0.15) is 32.0 Å². The monoisotopic (exact) mass is 381 g/mol. The van der Waals surface area contributed by atoms with Crippen molar-refractivity contribution in [3.8, 4) is 11.1 Å². The zero-order valence-corrected chi connectivity index (χ0v) is 17.5. The molecule has 4 aromatic rings. The van der Waals surface area contributed by atoms with Crippen LogP contribution in [0.25, 0.3) is 38.6 Å². The van der Waals surface area contributed by atoms with E-state index in [4.69, 9.17) is 0 Å². The van der Waals surface area contributed by atoms with Crippen molar-refractivity contribution in [2.75, 3.05) is 6.54 Å². The van der Waals surface area contributed by atoms with Gasteiger partial charge in [-0.1, -0.05) is 50.3 Å². The Morgan fingerprint density at radius 2 is 1.66 bits per heavy atom. The Balaban J connectivity index is 0.000000994. The van der Waals surface area contributed by atoms with Gasteiger partial charge < -0.3 is 10.3 Å². The van der Waals surface area contributed by atoms with Crippen LogP contribution >= 0.6 is 0 Å². The molecule has 0 amide bonds. The number of pyridine rings is 1. The molecule has 3 heteroatoms. The van der Waals surface area contributed by atoms with Crippen LogP contribution in [0, 0.1) is 6.92 Å². The number of rotatable bonds is 2. The van der Waals surface area contributed by atoms with Crippen LogP contribution in [0.2, 0.25) is 0 Å². The van der Waals surface area contributed by atoms with Gasteiger partial charge in [0.15, 0.2) is 0 Å². The number of hydrogen-bond acceptors (Lipinski definition) is 2. The van der Waals surface area contributed by atoms with Gasteiger partial charge >= 0.3 is 0 Å². The molecule has 0 aliphatic carbocycles. The van der Waals surface area contributed by atoms with Crippen LogP contribution in [0.5, 0.6) is 0 Å². The minimum absolute atomic E-state index is 0.859. The fraction of sp³-hybridized carbons (Fsp3) is 0.192. The SMILES string of the molecule is CC.CC1=C(c2cc(-c3ccc4[nH]c5ccccc5c4c3)cnc2C)NCC=C1. The number of aromatic amines is 1. The van der Waals surface area contributed by atoms with Crippen molar-refractivity contribution >= 4 is 27.5 Å². The maximum Gasteiger partial charge on any atom is 0.0466 e. The maximum atomic E-state index is 4.69. The largest absolute Gasteiger partial charge is 0.381 e. The average Bonchev–Trinajstić information content (AvgIpc) is 3.14. The summed E-state index contributed by atoms with van der Waals surface area (Å²) in [5.41, 5.74) is 9.31. The molecule has 0 atom stereocenters. The molecule has 5 rings (SSSR count). The zero-order valence-electron chi connectivity index (χ0n) is 17.5. The number of allylic oxidation sites excluding steroid dienone is 2. The van der Waals surface area contributed by atoms with Gasteiger partial charge in [0.2, 0.25) is 0 Å². The third-order valence-corrected chi connectivity index (χ3v) is 5.35. The van der Waals surface area contributed by atoms with Gasteiger partial charge in [-0.2, -0.15) is 0 Å². The Morgan fingerprint density at radius 1 is 0.862 bits per heavy atom. The molecule has 2 aromatic heterocycles. The Hall–Kier alpha value is -3.33. The third-order valence-electron chi connectivity index (χ3n) is 5.35. The van der Waals surface area contributed by atoms with Crippen LogP contribution in [0.15, 0.2) is 72.5 Å². The molecule has 1 aliphatic heterocycles. The molecular formula is C26H27N3. The number of benzene rings is 2. The first-order valence-electron chi connectivity index (χ1n) is 10.3. The normalized spacial score (nSPS) is 13.4. The van der Waals surface area contributed by atoms with Crippen molar-refractivity contribution in [2.24, 2.45) is 0 Å². The summed E-state index contributed by atoms with van der Waals surface area (Å²) in [5, 5.41) is 6.01. The topological polar surface area (TPSA) is 40.7 Å². The van der Waals surface area contributed by atoms with Crippen LogP contribution < -0.4 is 5.32 Å². The summed E-state index contributed by atoms with van der Waals surface area (Å²) in [7, 11) is 0. The number of para-hydroxylation sites is 1. The lowest BCUT2D eigenvalue weighted by atomic mass is 9.98. The Morgan fingerprint density at radius 3 is 2.48 bits per heavy atom. The number of aromatic nitrogens is 2. The Labute approximate surface area is 172 Å². The number of H-pyrrole nitrogens is 1. The second-order valence-electron chi connectivity index (χ2n) is 7.13. The molecular weight excluding hydrogens is 354 g/mol. The van der Waals surface area contributed by atoms with Gasteiger partial charge in [-0.15, -0.1) is 0 Å². The number of fused-ring (bicyclic) bond motifs is 3. The maximum absolute atomic E-state index is 4.69. The smallest absolute Gasteiger partial charge is 0.0466 e. The van der Waals surface area contributed by atoms with E-state index >= 15 is 0 Å². The first-order valence-corrected chi connectivity index (χ1v) is 10.3. The summed E-state index contributed by atoms with van der Waals surface area (Å²) in [6, 6.07) is 17.3. The predicted molar refractivity (Wildman–Crippen MR) is 125 cm³/mol. The van der Waals surface area contributed by atoms with Crippen molar-refractivity contribution < 1.29 is 0 Å². The highest BCUT2D eigenvalue weighted by Gasteiger charge is 2.13. The van der Waals surface area contributed by atoms with Gasteiger partial charge in [0, 0.05) is 57.1 Å². The number of aryl methyl sites for hydroxylation is 1. The van der Waals surface area contributed by atoms with E-state index < -0.39 is 0 Å². The molecule has 146 valence electrons. The average molecular weight is 382 g/mol. The lowest BCUT2D eigenvalue weighted by Gasteiger charge is -2.18. The lowest BCUT2D eigenvalue weighted by molar-refractivity contribution is 0.971. The molecule has 29 heavy (non-hydrogen) atoms. The van der Waals surface area contributed by atoms with Gasteiger partial charge in [-0.05, 0) is 49.2 Å². The summed E-state index contributed by atoms with van der Waals surface area (Å²) in [4.78, 5) is 8.18. The van der Waals surface area contributed by atoms with Crippen LogP contribution in [0.4, 0.5) is 0 Å². The Kier molecular flexibility index (Phi) is 5.22.